The molecule has 6 nitrogen and oxygen atoms in total. The molecule has 0 aromatic carbocycles. The Morgan fingerprint density at radius 2 is 0.418 bits per heavy atom. The molecule has 466 valence electrons. The van der Waals surface area contributed by atoms with Crippen LogP contribution in [0.2, 0.25) is 0 Å². The van der Waals surface area contributed by atoms with E-state index in [9.17, 15) is 14.4 Å². The van der Waals surface area contributed by atoms with Crippen LogP contribution >= 0.6 is 0 Å². The molecule has 0 aromatic heterocycles. The largest absolute Gasteiger partial charge is 0.462 e. The Kier molecular flexibility index (Phi) is 66.6. The number of allylic oxidation sites excluding steroid dienone is 4. The number of unbranched alkanes of at least 4 members (excludes halogenated alkanes) is 52. The summed E-state index contributed by atoms with van der Waals surface area (Å²) in [6, 6.07) is 0. The number of rotatable bonds is 67. The van der Waals surface area contributed by atoms with Gasteiger partial charge in [-0.15, -0.1) is 0 Å². The van der Waals surface area contributed by atoms with Crippen LogP contribution in [-0.4, -0.2) is 37.2 Å². The van der Waals surface area contributed by atoms with Crippen LogP contribution in [0.5, 0.6) is 0 Å². The molecule has 6 heteroatoms. The first-order valence-corrected chi connectivity index (χ1v) is 35.8. The Bertz CT molecular complexity index is 1270. The van der Waals surface area contributed by atoms with E-state index in [1.165, 1.54) is 308 Å². The van der Waals surface area contributed by atoms with Crippen LogP contribution in [0.3, 0.4) is 0 Å². The van der Waals surface area contributed by atoms with Gasteiger partial charge in [-0.2, -0.15) is 0 Å². The average molecular weight is 1110 g/mol. The number of carbonyl (C=O) groups excluding carboxylic acids is 3. The van der Waals surface area contributed by atoms with E-state index >= 15 is 0 Å². The Labute approximate surface area is 493 Å². The molecule has 0 N–H and O–H groups in total. The molecule has 0 rings (SSSR count). The van der Waals surface area contributed by atoms with Crippen molar-refractivity contribution < 1.29 is 28.6 Å². The highest BCUT2D eigenvalue weighted by Gasteiger charge is 2.19. The van der Waals surface area contributed by atoms with Gasteiger partial charge in [0, 0.05) is 19.3 Å². The molecule has 0 aliphatic carbocycles. The van der Waals surface area contributed by atoms with E-state index in [0.29, 0.717) is 19.3 Å². The highest BCUT2D eigenvalue weighted by molar-refractivity contribution is 5.71. The molecular weight excluding hydrogens is 973 g/mol. The molecule has 0 aliphatic heterocycles. The van der Waals surface area contributed by atoms with Crippen LogP contribution in [0, 0.1) is 0 Å². The molecule has 0 aromatic rings. The quantitative estimate of drug-likeness (QED) is 0.0261. The normalized spacial score (nSPS) is 12.1. The second-order valence-corrected chi connectivity index (χ2v) is 24.5. The third-order valence-corrected chi connectivity index (χ3v) is 16.4. The van der Waals surface area contributed by atoms with Gasteiger partial charge in [-0.05, 0) is 70.6 Å². The Morgan fingerprint density at radius 1 is 0.241 bits per heavy atom. The van der Waals surface area contributed by atoms with Crippen LogP contribution in [0.15, 0.2) is 24.3 Å². The predicted molar refractivity (Wildman–Crippen MR) is 344 cm³/mol. The van der Waals surface area contributed by atoms with E-state index < -0.39 is 6.10 Å². The summed E-state index contributed by atoms with van der Waals surface area (Å²) in [6.45, 7) is 6.69. The van der Waals surface area contributed by atoms with Gasteiger partial charge in [0.1, 0.15) is 13.2 Å². The topological polar surface area (TPSA) is 78.9 Å². The number of carbonyl (C=O) groups is 3. The van der Waals surface area contributed by atoms with E-state index in [-0.39, 0.29) is 31.1 Å². The summed E-state index contributed by atoms with van der Waals surface area (Å²) in [7, 11) is 0. The summed E-state index contributed by atoms with van der Waals surface area (Å²) in [5.41, 5.74) is 0. The third-order valence-electron chi connectivity index (χ3n) is 16.4. The van der Waals surface area contributed by atoms with Gasteiger partial charge < -0.3 is 14.2 Å². The predicted octanol–water partition coefficient (Wildman–Crippen LogP) is 24.6. The zero-order chi connectivity index (χ0) is 57.1. The molecule has 0 aliphatic rings. The maximum Gasteiger partial charge on any atom is 0.306 e. The lowest BCUT2D eigenvalue weighted by Crippen LogP contribution is -2.30. The van der Waals surface area contributed by atoms with Gasteiger partial charge in [-0.1, -0.05) is 340 Å². The fraction of sp³-hybridized carbons (Fsp3) is 0.904. The lowest BCUT2D eigenvalue weighted by atomic mass is 10.0. The zero-order valence-corrected chi connectivity index (χ0v) is 53.7. The molecule has 0 fully saturated rings. The fourth-order valence-electron chi connectivity index (χ4n) is 11.0. The fourth-order valence-corrected chi connectivity index (χ4v) is 11.0. The first-order chi connectivity index (χ1) is 39.0. The molecule has 0 saturated heterocycles. The summed E-state index contributed by atoms with van der Waals surface area (Å²) < 4.78 is 16.9. The molecule has 79 heavy (non-hydrogen) atoms. The minimum Gasteiger partial charge on any atom is -0.462 e. The first kappa shape index (κ1) is 76.9. The summed E-state index contributed by atoms with van der Waals surface area (Å²) in [5, 5.41) is 0. The second-order valence-electron chi connectivity index (χ2n) is 24.5. The van der Waals surface area contributed by atoms with Crippen molar-refractivity contribution in [1.82, 2.24) is 0 Å². The van der Waals surface area contributed by atoms with Crippen LogP contribution in [0.25, 0.3) is 0 Å². The minimum atomic E-state index is -0.767. The second kappa shape index (κ2) is 68.4. The van der Waals surface area contributed by atoms with Gasteiger partial charge in [0.05, 0.1) is 0 Å². The molecule has 0 radical (unpaired) electrons. The van der Waals surface area contributed by atoms with Crippen molar-refractivity contribution in [2.45, 2.75) is 412 Å². The van der Waals surface area contributed by atoms with Gasteiger partial charge in [0.25, 0.3) is 0 Å². The average Bonchev–Trinajstić information content (AvgIpc) is 3.45. The van der Waals surface area contributed by atoms with Crippen LogP contribution in [0.4, 0.5) is 0 Å². The molecule has 0 spiro atoms. The highest BCUT2D eigenvalue weighted by atomic mass is 16.6. The Balaban J connectivity index is 4.08. The number of ether oxygens (including phenoxy) is 3. The Hall–Kier alpha value is -2.11. The van der Waals surface area contributed by atoms with Gasteiger partial charge in [-0.3, -0.25) is 14.4 Å². The molecule has 0 saturated carbocycles. The maximum absolute atomic E-state index is 12.9. The molecule has 0 bridgehead atoms. The van der Waals surface area contributed by atoms with Gasteiger partial charge in [0.2, 0.25) is 0 Å². The van der Waals surface area contributed by atoms with Crippen molar-refractivity contribution in [1.29, 1.82) is 0 Å². The summed E-state index contributed by atoms with van der Waals surface area (Å²) in [5.74, 6) is -0.839. The number of hydrogen-bond acceptors (Lipinski definition) is 6. The van der Waals surface area contributed by atoms with E-state index in [4.69, 9.17) is 14.2 Å². The standard InChI is InChI=1S/C73H138O6/c1-4-7-10-13-16-19-21-23-25-27-29-31-33-34-35-36-37-38-40-41-43-45-47-49-51-54-57-60-63-66-72(75)78-69-70(68-77-71(74)65-62-59-56-53-18-15-12-9-6-3)79-73(76)67-64-61-58-55-52-50-48-46-44-42-39-32-30-28-26-24-22-20-17-14-11-8-5-2/h27-30,70H,4-26,31-69H2,1-3H3/b29-27-,30-28-. The van der Waals surface area contributed by atoms with Crippen LogP contribution in [0.1, 0.15) is 406 Å². The van der Waals surface area contributed by atoms with Crippen molar-refractivity contribution in [2.24, 2.45) is 0 Å². The molecule has 1 atom stereocenters. The SMILES string of the molecule is CCCCCCCCCC/C=C\CCCCCCCCCCCCCCCCCCCC(=O)OCC(COC(=O)CCCCCCCCCCC)OC(=O)CCCCCCCCCCCCC/C=C\CCCCCCCCCC. The lowest BCUT2D eigenvalue weighted by Gasteiger charge is -2.18. The van der Waals surface area contributed by atoms with Gasteiger partial charge in [0.15, 0.2) is 6.10 Å². The molecule has 0 amide bonds. The van der Waals surface area contributed by atoms with E-state index in [0.717, 1.165) is 57.8 Å². The zero-order valence-electron chi connectivity index (χ0n) is 53.7. The molecule has 1 unspecified atom stereocenters. The van der Waals surface area contributed by atoms with E-state index in [1.807, 2.05) is 0 Å². The third kappa shape index (κ3) is 66.6. The molecule has 0 heterocycles. The van der Waals surface area contributed by atoms with Gasteiger partial charge in [-0.25, -0.2) is 0 Å². The first-order valence-electron chi connectivity index (χ1n) is 35.8. The smallest absolute Gasteiger partial charge is 0.306 e. The van der Waals surface area contributed by atoms with E-state index in [2.05, 4.69) is 45.1 Å². The monoisotopic (exact) mass is 1110 g/mol. The van der Waals surface area contributed by atoms with Gasteiger partial charge >= 0.3 is 17.9 Å². The Morgan fingerprint density at radius 3 is 0.633 bits per heavy atom. The van der Waals surface area contributed by atoms with Crippen LogP contribution in [-0.2, 0) is 28.6 Å². The van der Waals surface area contributed by atoms with E-state index in [1.54, 1.807) is 0 Å². The summed E-state index contributed by atoms with van der Waals surface area (Å²) in [6.07, 6.45) is 83.7. The van der Waals surface area contributed by atoms with Crippen LogP contribution < -0.4 is 0 Å². The van der Waals surface area contributed by atoms with Crippen molar-refractivity contribution in [3.8, 4) is 0 Å². The van der Waals surface area contributed by atoms with Crippen molar-refractivity contribution in [3.05, 3.63) is 24.3 Å². The highest BCUT2D eigenvalue weighted by Crippen LogP contribution is 2.19. The number of hydrogen-bond donors (Lipinski definition) is 0. The number of esters is 3. The summed E-state index contributed by atoms with van der Waals surface area (Å²) >= 11 is 0. The summed E-state index contributed by atoms with van der Waals surface area (Å²) in [4.78, 5) is 38.3. The minimum absolute atomic E-state index is 0.0654. The van der Waals surface area contributed by atoms with Crippen molar-refractivity contribution in [3.63, 3.8) is 0 Å². The maximum atomic E-state index is 12.9. The van der Waals surface area contributed by atoms with Crippen molar-refractivity contribution >= 4 is 17.9 Å². The van der Waals surface area contributed by atoms with Crippen molar-refractivity contribution in [2.75, 3.05) is 13.2 Å². The lowest BCUT2D eigenvalue weighted by molar-refractivity contribution is -0.167. The molecular formula is C73H138O6.